The summed E-state index contributed by atoms with van der Waals surface area (Å²) in [5.41, 5.74) is 4.22. The molecule has 5 rings (SSSR count). The summed E-state index contributed by atoms with van der Waals surface area (Å²) in [6.07, 6.45) is 1.57. The predicted molar refractivity (Wildman–Crippen MR) is 124 cm³/mol. The number of hydrogen-bond acceptors (Lipinski definition) is 6. The molecule has 1 fully saturated rings. The number of aromatic nitrogens is 2. The van der Waals surface area contributed by atoms with E-state index in [2.05, 4.69) is 51.6 Å². The van der Waals surface area contributed by atoms with Gasteiger partial charge in [0.1, 0.15) is 13.2 Å². The van der Waals surface area contributed by atoms with Gasteiger partial charge in [0.15, 0.2) is 11.5 Å². The molecule has 0 saturated carbocycles. The third-order valence-electron chi connectivity index (χ3n) is 6.04. The van der Waals surface area contributed by atoms with Crippen LogP contribution in [-0.2, 0) is 4.74 Å². The summed E-state index contributed by atoms with van der Waals surface area (Å²) in [5.74, 6) is 1.21. The van der Waals surface area contributed by atoms with Crippen LogP contribution in [0.5, 0.6) is 11.5 Å². The summed E-state index contributed by atoms with van der Waals surface area (Å²) in [7, 11) is 0. The molecule has 2 aliphatic heterocycles. The van der Waals surface area contributed by atoms with Gasteiger partial charge in [-0.3, -0.25) is 14.8 Å². The van der Waals surface area contributed by atoms with E-state index in [9.17, 15) is 4.79 Å². The lowest BCUT2D eigenvalue weighted by Crippen LogP contribution is -2.43. The third-order valence-corrected chi connectivity index (χ3v) is 6.04. The second-order valence-electron chi connectivity index (χ2n) is 8.37. The first-order valence-corrected chi connectivity index (χ1v) is 11.3. The standard InChI is InChI=1S/C25H28N4O4/c1-17-2-4-18(5-3-17)21(16-29-8-10-31-11-9-29)27-25(30)20-15-26-28-24(20)19-6-7-22-23(14-19)33-13-12-32-22/h2-7,14-15,21H,8-13,16H2,1H3,(H,26,28)(H,27,30)/t21-/m1/s1. The van der Waals surface area contributed by atoms with Gasteiger partial charge in [-0.2, -0.15) is 5.10 Å². The highest BCUT2D eigenvalue weighted by Gasteiger charge is 2.24. The highest BCUT2D eigenvalue weighted by molar-refractivity contribution is 6.00. The molecule has 1 aromatic heterocycles. The fourth-order valence-corrected chi connectivity index (χ4v) is 4.19. The Morgan fingerprint density at radius 2 is 1.82 bits per heavy atom. The van der Waals surface area contributed by atoms with E-state index in [1.54, 1.807) is 6.20 Å². The molecule has 3 aromatic rings. The monoisotopic (exact) mass is 448 g/mol. The summed E-state index contributed by atoms with van der Waals surface area (Å²) in [4.78, 5) is 15.7. The average molecular weight is 449 g/mol. The summed E-state index contributed by atoms with van der Waals surface area (Å²) >= 11 is 0. The Morgan fingerprint density at radius 1 is 1.06 bits per heavy atom. The molecular formula is C25H28N4O4. The van der Waals surface area contributed by atoms with Gasteiger partial charge in [0.25, 0.3) is 5.91 Å². The molecule has 3 heterocycles. The summed E-state index contributed by atoms with van der Waals surface area (Å²) < 4.78 is 16.8. The molecule has 1 atom stereocenters. The molecule has 2 aromatic carbocycles. The molecule has 0 bridgehead atoms. The van der Waals surface area contributed by atoms with Crippen molar-refractivity contribution in [3.05, 3.63) is 65.4 Å². The third kappa shape index (κ3) is 4.86. The van der Waals surface area contributed by atoms with Gasteiger partial charge < -0.3 is 19.5 Å². The molecule has 0 spiro atoms. The number of morpholine rings is 1. The Bertz CT molecular complexity index is 1110. The van der Waals surface area contributed by atoms with E-state index in [1.807, 2.05) is 18.2 Å². The van der Waals surface area contributed by atoms with Gasteiger partial charge in [-0.25, -0.2) is 0 Å². The molecule has 0 unspecified atom stereocenters. The van der Waals surface area contributed by atoms with Gasteiger partial charge in [0, 0.05) is 25.2 Å². The zero-order valence-electron chi connectivity index (χ0n) is 18.7. The largest absolute Gasteiger partial charge is 0.486 e. The number of fused-ring (bicyclic) bond motifs is 1. The average Bonchev–Trinajstić information content (AvgIpc) is 3.35. The lowest BCUT2D eigenvalue weighted by Gasteiger charge is -2.31. The molecule has 2 aliphatic rings. The Kier molecular flexibility index (Phi) is 6.28. The molecule has 8 heteroatoms. The fraction of sp³-hybridized carbons (Fsp3) is 0.360. The van der Waals surface area contributed by atoms with E-state index in [1.165, 1.54) is 5.56 Å². The summed E-state index contributed by atoms with van der Waals surface area (Å²) in [6, 6.07) is 13.8. The van der Waals surface area contributed by atoms with Crippen molar-refractivity contribution in [1.82, 2.24) is 20.4 Å². The van der Waals surface area contributed by atoms with E-state index in [0.717, 1.165) is 30.8 Å². The Morgan fingerprint density at radius 3 is 2.61 bits per heavy atom. The fourth-order valence-electron chi connectivity index (χ4n) is 4.19. The van der Waals surface area contributed by atoms with Crippen molar-refractivity contribution in [2.75, 3.05) is 46.1 Å². The molecule has 8 nitrogen and oxygen atoms in total. The number of nitrogens with one attached hydrogen (secondary N) is 2. The van der Waals surface area contributed by atoms with Crippen molar-refractivity contribution in [2.45, 2.75) is 13.0 Å². The van der Waals surface area contributed by atoms with Gasteiger partial charge in [-0.05, 0) is 30.7 Å². The topological polar surface area (TPSA) is 88.7 Å². The number of aryl methyl sites for hydroxylation is 1. The Hall–Kier alpha value is -3.36. The predicted octanol–water partition coefficient (Wildman–Crippen LogP) is 2.96. The van der Waals surface area contributed by atoms with Crippen LogP contribution < -0.4 is 14.8 Å². The van der Waals surface area contributed by atoms with E-state index < -0.39 is 0 Å². The van der Waals surface area contributed by atoms with Gasteiger partial charge in [-0.1, -0.05) is 29.8 Å². The molecule has 1 saturated heterocycles. The highest BCUT2D eigenvalue weighted by atomic mass is 16.6. The maximum Gasteiger partial charge on any atom is 0.255 e. The van der Waals surface area contributed by atoms with Crippen LogP contribution >= 0.6 is 0 Å². The normalized spacial score (nSPS) is 16.9. The van der Waals surface area contributed by atoms with Crippen LogP contribution in [0.3, 0.4) is 0 Å². The number of hydrogen-bond donors (Lipinski definition) is 2. The SMILES string of the molecule is Cc1ccc([C@@H](CN2CCOCC2)NC(=O)c2cn[nH]c2-c2ccc3c(c2)OCCO3)cc1. The van der Waals surface area contributed by atoms with Crippen molar-refractivity contribution in [3.8, 4) is 22.8 Å². The first-order valence-electron chi connectivity index (χ1n) is 11.3. The van der Waals surface area contributed by atoms with Crippen molar-refractivity contribution >= 4 is 5.91 Å². The van der Waals surface area contributed by atoms with Gasteiger partial charge in [0.2, 0.25) is 0 Å². The van der Waals surface area contributed by atoms with Crippen LogP contribution in [0.4, 0.5) is 0 Å². The van der Waals surface area contributed by atoms with E-state index in [0.29, 0.717) is 49.2 Å². The van der Waals surface area contributed by atoms with Crippen molar-refractivity contribution in [2.24, 2.45) is 0 Å². The highest BCUT2D eigenvalue weighted by Crippen LogP contribution is 2.35. The minimum atomic E-state index is -0.174. The van der Waals surface area contributed by atoms with Crippen LogP contribution in [0, 0.1) is 6.92 Å². The number of carbonyl (C=O) groups excluding carboxylic acids is 1. The molecule has 0 radical (unpaired) electrons. The molecule has 33 heavy (non-hydrogen) atoms. The minimum absolute atomic E-state index is 0.154. The van der Waals surface area contributed by atoms with Crippen LogP contribution in [-0.4, -0.2) is 67.1 Å². The minimum Gasteiger partial charge on any atom is -0.486 e. The number of benzene rings is 2. The number of aromatic amines is 1. The van der Waals surface area contributed by atoms with Crippen LogP contribution in [0.1, 0.15) is 27.5 Å². The quantitative estimate of drug-likeness (QED) is 0.603. The summed E-state index contributed by atoms with van der Waals surface area (Å²) in [6.45, 7) is 6.95. The van der Waals surface area contributed by atoms with Crippen molar-refractivity contribution in [1.29, 1.82) is 0 Å². The van der Waals surface area contributed by atoms with Crippen LogP contribution in [0.25, 0.3) is 11.3 Å². The number of ether oxygens (including phenoxy) is 3. The Balaban J connectivity index is 1.38. The number of rotatable bonds is 6. The maximum absolute atomic E-state index is 13.4. The van der Waals surface area contributed by atoms with Crippen LogP contribution in [0.15, 0.2) is 48.7 Å². The second-order valence-corrected chi connectivity index (χ2v) is 8.37. The van der Waals surface area contributed by atoms with E-state index >= 15 is 0 Å². The lowest BCUT2D eigenvalue weighted by molar-refractivity contribution is 0.0332. The lowest BCUT2D eigenvalue weighted by atomic mass is 10.0. The van der Waals surface area contributed by atoms with Gasteiger partial charge in [-0.15, -0.1) is 0 Å². The van der Waals surface area contributed by atoms with E-state index in [-0.39, 0.29) is 11.9 Å². The number of amides is 1. The molecule has 1 amide bonds. The zero-order chi connectivity index (χ0) is 22.6. The smallest absolute Gasteiger partial charge is 0.255 e. The molecular weight excluding hydrogens is 420 g/mol. The number of carbonyl (C=O) groups is 1. The molecule has 172 valence electrons. The first-order chi connectivity index (χ1) is 16.2. The molecule has 2 N–H and O–H groups in total. The second kappa shape index (κ2) is 9.64. The number of H-pyrrole nitrogens is 1. The van der Waals surface area contributed by atoms with Gasteiger partial charge >= 0.3 is 0 Å². The van der Waals surface area contributed by atoms with Crippen molar-refractivity contribution in [3.63, 3.8) is 0 Å². The molecule has 0 aliphatic carbocycles. The number of nitrogens with zero attached hydrogens (tertiary/aromatic N) is 2. The summed E-state index contributed by atoms with van der Waals surface area (Å²) in [5, 5.41) is 10.4. The van der Waals surface area contributed by atoms with Crippen LogP contribution in [0.2, 0.25) is 0 Å². The van der Waals surface area contributed by atoms with Gasteiger partial charge in [0.05, 0.1) is 36.7 Å². The van der Waals surface area contributed by atoms with Crippen molar-refractivity contribution < 1.29 is 19.0 Å². The maximum atomic E-state index is 13.4. The zero-order valence-corrected chi connectivity index (χ0v) is 18.7. The van der Waals surface area contributed by atoms with E-state index in [4.69, 9.17) is 14.2 Å². The Labute approximate surface area is 192 Å². The first kappa shape index (κ1) is 21.5.